The highest BCUT2D eigenvalue weighted by Gasteiger charge is 2.17. The van der Waals surface area contributed by atoms with E-state index in [-0.39, 0.29) is 17.4 Å². The van der Waals surface area contributed by atoms with Crippen molar-refractivity contribution in [1.82, 2.24) is 5.32 Å². The molecule has 0 saturated carbocycles. The van der Waals surface area contributed by atoms with Gasteiger partial charge in [0.1, 0.15) is 0 Å². The minimum Gasteiger partial charge on any atom is -0.348 e. The second kappa shape index (κ2) is 6.42. The van der Waals surface area contributed by atoms with Gasteiger partial charge in [0.15, 0.2) is 0 Å². The van der Waals surface area contributed by atoms with E-state index in [1.165, 1.54) is 5.56 Å². The first kappa shape index (κ1) is 16.0. The molecule has 1 amide bonds. The smallest absolute Gasteiger partial charge is 0.251 e. The molecule has 1 unspecified atom stereocenters. The van der Waals surface area contributed by atoms with Gasteiger partial charge in [0, 0.05) is 17.5 Å². The standard InChI is InChI=1S/C16H24ClNO/c1-11(2)14(10-17)18-15(19)12-6-8-13(9-7-12)16(3,4)5/h6-9,11,14H,10H2,1-5H3,(H,18,19). The number of benzene rings is 1. The van der Waals surface area contributed by atoms with Crippen LogP contribution in [0.1, 0.15) is 50.5 Å². The van der Waals surface area contributed by atoms with E-state index >= 15 is 0 Å². The van der Waals surface area contributed by atoms with Crippen molar-refractivity contribution in [3.63, 3.8) is 0 Å². The third-order valence-electron chi connectivity index (χ3n) is 3.30. The Bertz CT molecular complexity index is 417. The van der Waals surface area contributed by atoms with Crippen LogP contribution in [0.5, 0.6) is 0 Å². The molecule has 1 N–H and O–H groups in total. The van der Waals surface area contributed by atoms with Gasteiger partial charge in [-0.05, 0) is 29.0 Å². The molecule has 0 fully saturated rings. The Morgan fingerprint density at radius 3 is 2.11 bits per heavy atom. The lowest BCUT2D eigenvalue weighted by atomic mass is 9.86. The van der Waals surface area contributed by atoms with Crippen LogP contribution >= 0.6 is 11.6 Å². The molecule has 0 aliphatic carbocycles. The molecule has 0 aromatic heterocycles. The summed E-state index contributed by atoms with van der Waals surface area (Å²) in [6, 6.07) is 7.79. The topological polar surface area (TPSA) is 29.1 Å². The Hall–Kier alpha value is -1.02. The summed E-state index contributed by atoms with van der Waals surface area (Å²) in [5.74, 6) is 0.707. The number of amides is 1. The maximum Gasteiger partial charge on any atom is 0.251 e. The highest BCUT2D eigenvalue weighted by atomic mass is 35.5. The lowest BCUT2D eigenvalue weighted by Gasteiger charge is -2.21. The lowest BCUT2D eigenvalue weighted by molar-refractivity contribution is 0.0931. The van der Waals surface area contributed by atoms with Gasteiger partial charge in [0.05, 0.1) is 0 Å². The summed E-state index contributed by atoms with van der Waals surface area (Å²) in [5, 5.41) is 2.97. The van der Waals surface area contributed by atoms with Gasteiger partial charge in [-0.2, -0.15) is 0 Å². The van der Waals surface area contributed by atoms with Gasteiger partial charge in [0.2, 0.25) is 0 Å². The molecular weight excluding hydrogens is 258 g/mol. The number of nitrogens with one attached hydrogen (secondary N) is 1. The van der Waals surface area contributed by atoms with Crippen molar-refractivity contribution in [3.8, 4) is 0 Å². The van der Waals surface area contributed by atoms with Crippen LogP contribution in [0, 0.1) is 5.92 Å². The SMILES string of the molecule is CC(C)C(CCl)NC(=O)c1ccc(C(C)(C)C)cc1. The van der Waals surface area contributed by atoms with Crippen LogP contribution in [0.4, 0.5) is 0 Å². The second-order valence-corrected chi connectivity index (χ2v) is 6.61. The van der Waals surface area contributed by atoms with Crippen LogP contribution in [0.25, 0.3) is 0 Å². The second-order valence-electron chi connectivity index (χ2n) is 6.31. The molecule has 3 heteroatoms. The highest BCUT2D eigenvalue weighted by molar-refractivity contribution is 6.18. The van der Waals surface area contributed by atoms with Gasteiger partial charge in [-0.15, -0.1) is 11.6 Å². The Kier molecular flexibility index (Phi) is 5.42. The van der Waals surface area contributed by atoms with Gasteiger partial charge in [0.25, 0.3) is 5.91 Å². The van der Waals surface area contributed by atoms with E-state index in [0.717, 1.165) is 0 Å². The van der Waals surface area contributed by atoms with E-state index in [0.29, 0.717) is 17.4 Å². The Morgan fingerprint density at radius 2 is 1.74 bits per heavy atom. The maximum atomic E-state index is 12.1. The molecule has 1 atom stereocenters. The molecule has 1 aromatic carbocycles. The largest absolute Gasteiger partial charge is 0.348 e. The molecule has 106 valence electrons. The van der Waals surface area contributed by atoms with Crippen LogP contribution in [0.2, 0.25) is 0 Å². The normalized spacial score (nSPS) is 13.4. The summed E-state index contributed by atoms with van der Waals surface area (Å²) in [7, 11) is 0. The molecule has 2 nitrogen and oxygen atoms in total. The first-order valence-corrected chi connectivity index (χ1v) is 7.26. The van der Waals surface area contributed by atoms with E-state index in [2.05, 4.69) is 39.9 Å². The predicted molar refractivity (Wildman–Crippen MR) is 82.0 cm³/mol. The molecule has 0 radical (unpaired) electrons. The first-order valence-electron chi connectivity index (χ1n) is 6.73. The van der Waals surface area contributed by atoms with Gasteiger partial charge in [-0.25, -0.2) is 0 Å². The molecule has 1 aromatic rings. The molecule has 0 saturated heterocycles. The summed E-state index contributed by atoms with van der Waals surface area (Å²) in [6.07, 6.45) is 0. The Labute approximate surface area is 121 Å². The number of rotatable bonds is 4. The van der Waals surface area contributed by atoms with E-state index in [4.69, 9.17) is 11.6 Å². The van der Waals surface area contributed by atoms with Crippen molar-refractivity contribution >= 4 is 17.5 Å². The monoisotopic (exact) mass is 281 g/mol. The average molecular weight is 282 g/mol. The lowest BCUT2D eigenvalue weighted by Crippen LogP contribution is -2.39. The highest BCUT2D eigenvalue weighted by Crippen LogP contribution is 2.22. The van der Waals surface area contributed by atoms with Crippen molar-refractivity contribution in [2.24, 2.45) is 5.92 Å². The summed E-state index contributed by atoms with van der Waals surface area (Å²) in [5.41, 5.74) is 2.01. The summed E-state index contributed by atoms with van der Waals surface area (Å²) < 4.78 is 0. The number of alkyl halides is 1. The number of hydrogen-bond donors (Lipinski definition) is 1. The maximum absolute atomic E-state index is 12.1. The number of halogens is 1. The molecule has 19 heavy (non-hydrogen) atoms. The molecule has 0 bridgehead atoms. The fourth-order valence-corrected chi connectivity index (χ4v) is 2.19. The third-order valence-corrected chi connectivity index (χ3v) is 3.63. The minimum atomic E-state index is -0.0557. The summed E-state index contributed by atoms with van der Waals surface area (Å²) >= 11 is 5.86. The molecule has 0 aliphatic heterocycles. The van der Waals surface area contributed by atoms with Crippen molar-refractivity contribution in [2.75, 3.05) is 5.88 Å². The van der Waals surface area contributed by atoms with Gasteiger partial charge >= 0.3 is 0 Å². The minimum absolute atomic E-state index is 0.0106. The van der Waals surface area contributed by atoms with Crippen LogP contribution in [0.3, 0.4) is 0 Å². The quantitative estimate of drug-likeness (QED) is 0.831. The van der Waals surface area contributed by atoms with Crippen LogP contribution in [-0.2, 0) is 5.41 Å². The van der Waals surface area contributed by atoms with Crippen molar-refractivity contribution in [2.45, 2.75) is 46.1 Å². The van der Waals surface area contributed by atoms with E-state index in [1.807, 2.05) is 24.3 Å². The zero-order valence-electron chi connectivity index (χ0n) is 12.5. The van der Waals surface area contributed by atoms with Gasteiger partial charge < -0.3 is 5.32 Å². The number of carbonyl (C=O) groups is 1. The zero-order valence-corrected chi connectivity index (χ0v) is 13.2. The Morgan fingerprint density at radius 1 is 1.21 bits per heavy atom. The Balaban J connectivity index is 2.78. The van der Waals surface area contributed by atoms with Crippen LogP contribution in [0.15, 0.2) is 24.3 Å². The molecule has 1 rings (SSSR count). The van der Waals surface area contributed by atoms with E-state index < -0.39 is 0 Å². The third kappa shape index (κ3) is 4.54. The zero-order chi connectivity index (χ0) is 14.6. The van der Waals surface area contributed by atoms with Crippen molar-refractivity contribution < 1.29 is 4.79 Å². The van der Waals surface area contributed by atoms with Crippen molar-refractivity contribution in [1.29, 1.82) is 0 Å². The van der Waals surface area contributed by atoms with E-state index in [1.54, 1.807) is 0 Å². The summed E-state index contributed by atoms with van der Waals surface area (Å²) in [6.45, 7) is 10.6. The van der Waals surface area contributed by atoms with Crippen LogP contribution < -0.4 is 5.32 Å². The van der Waals surface area contributed by atoms with Gasteiger partial charge in [-0.3, -0.25) is 4.79 Å². The fraction of sp³-hybridized carbons (Fsp3) is 0.562. The predicted octanol–water partition coefficient (Wildman–Crippen LogP) is 3.98. The van der Waals surface area contributed by atoms with Crippen molar-refractivity contribution in [3.05, 3.63) is 35.4 Å². The van der Waals surface area contributed by atoms with Gasteiger partial charge in [-0.1, -0.05) is 46.8 Å². The first-order chi connectivity index (χ1) is 8.75. The number of hydrogen-bond acceptors (Lipinski definition) is 1. The fourth-order valence-electron chi connectivity index (χ4n) is 1.76. The average Bonchev–Trinajstić information content (AvgIpc) is 2.34. The molecule has 0 aliphatic rings. The molecule has 0 heterocycles. The summed E-state index contributed by atoms with van der Waals surface area (Å²) in [4.78, 5) is 12.1. The van der Waals surface area contributed by atoms with E-state index in [9.17, 15) is 4.79 Å². The molecule has 0 spiro atoms. The molecular formula is C16H24ClNO. The number of carbonyl (C=O) groups excluding carboxylic acids is 1. The van der Waals surface area contributed by atoms with Crippen LogP contribution in [-0.4, -0.2) is 17.8 Å².